The molecule has 0 spiro atoms. The molecule has 0 bridgehead atoms. The van der Waals surface area contributed by atoms with E-state index in [1.54, 1.807) is 4.90 Å². The number of amides is 1. The summed E-state index contributed by atoms with van der Waals surface area (Å²) in [6, 6.07) is 3.98. The predicted molar refractivity (Wildman–Crippen MR) is 127 cm³/mol. The van der Waals surface area contributed by atoms with E-state index in [1.165, 1.54) is 25.3 Å². The third kappa shape index (κ3) is 3.63. The van der Waals surface area contributed by atoms with Gasteiger partial charge in [0.05, 0.1) is 34.9 Å². The van der Waals surface area contributed by atoms with Crippen LogP contribution in [0.15, 0.2) is 18.2 Å². The Morgan fingerprint density at radius 1 is 1.29 bits per heavy atom. The number of nitrogens with two attached hydrogens (primary N) is 2. The standard InChI is InChI=1S/C21H18ClF2N7O2S/c1-33-21-29-16-10(19(30-21)27-8-6-31(7-8)13(32)5-25)4-11(22)14(15(16)24)9-2-3-12(23)18-17(9)28-20(26)34-18/h2-4,8H,5-7,25H2,1H3,(H2,26,28)(H,27,29,30). The molecule has 5 N–H and O–H groups in total. The Morgan fingerprint density at radius 3 is 2.76 bits per heavy atom. The molecule has 5 rings (SSSR count). The second-order valence-corrected chi connectivity index (χ2v) is 9.11. The molecule has 0 saturated carbocycles. The fourth-order valence-electron chi connectivity index (χ4n) is 3.91. The SMILES string of the molecule is COc1nc(NC2CN(C(=O)CN)C2)c2cc(Cl)c(-c3ccc(F)c4sc(N)nc34)c(F)c2n1. The zero-order valence-corrected chi connectivity index (χ0v) is 19.3. The molecule has 1 fully saturated rings. The quantitative estimate of drug-likeness (QED) is 0.377. The Kier molecular flexibility index (Phi) is 5.58. The zero-order valence-electron chi connectivity index (χ0n) is 17.7. The molecule has 2 aromatic heterocycles. The van der Waals surface area contributed by atoms with Gasteiger partial charge in [-0.05, 0) is 18.2 Å². The van der Waals surface area contributed by atoms with Gasteiger partial charge < -0.3 is 26.4 Å². The molecule has 0 aliphatic carbocycles. The third-order valence-corrected chi connectivity index (χ3v) is 6.77. The fourth-order valence-corrected chi connectivity index (χ4v) is 4.97. The zero-order chi connectivity index (χ0) is 24.1. The van der Waals surface area contributed by atoms with Gasteiger partial charge in [-0.3, -0.25) is 4.79 Å². The summed E-state index contributed by atoms with van der Waals surface area (Å²) in [5.41, 5.74) is 11.6. The van der Waals surface area contributed by atoms with Crippen LogP contribution in [0.5, 0.6) is 6.01 Å². The van der Waals surface area contributed by atoms with Crippen molar-refractivity contribution < 1.29 is 18.3 Å². The highest BCUT2D eigenvalue weighted by Crippen LogP contribution is 2.42. The minimum atomic E-state index is -0.737. The summed E-state index contributed by atoms with van der Waals surface area (Å²) >= 11 is 7.50. The Labute approximate surface area is 200 Å². The number of rotatable bonds is 5. The number of hydrogen-bond acceptors (Lipinski definition) is 9. The molecular weight excluding hydrogens is 488 g/mol. The lowest BCUT2D eigenvalue weighted by atomic mass is 10.0. The highest BCUT2D eigenvalue weighted by molar-refractivity contribution is 7.22. The van der Waals surface area contributed by atoms with Crippen molar-refractivity contribution in [3.05, 3.63) is 34.9 Å². The van der Waals surface area contributed by atoms with E-state index in [-0.39, 0.29) is 61.5 Å². The van der Waals surface area contributed by atoms with Crippen LogP contribution in [-0.2, 0) is 4.79 Å². The van der Waals surface area contributed by atoms with Crippen molar-refractivity contribution in [2.24, 2.45) is 5.73 Å². The first kappa shape index (κ1) is 22.4. The number of carbonyl (C=O) groups excluding carboxylic acids is 1. The van der Waals surface area contributed by atoms with Crippen LogP contribution < -0.4 is 21.5 Å². The summed E-state index contributed by atoms with van der Waals surface area (Å²) < 4.78 is 35.6. The number of halogens is 3. The molecule has 1 aliphatic rings. The molecule has 1 amide bonds. The first-order chi connectivity index (χ1) is 16.3. The van der Waals surface area contributed by atoms with Crippen LogP contribution in [0.1, 0.15) is 0 Å². The van der Waals surface area contributed by atoms with Gasteiger partial charge in [-0.25, -0.2) is 13.8 Å². The van der Waals surface area contributed by atoms with Crippen LogP contribution in [0, 0.1) is 11.6 Å². The Morgan fingerprint density at radius 2 is 2.06 bits per heavy atom. The summed E-state index contributed by atoms with van der Waals surface area (Å²) in [5, 5.41) is 3.73. The van der Waals surface area contributed by atoms with E-state index in [9.17, 15) is 9.18 Å². The first-order valence-corrected chi connectivity index (χ1v) is 11.3. The van der Waals surface area contributed by atoms with E-state index >= 15 is 4.39 Å². The summed E-state index contributed by atoms with van der Waals surface area (Å²) in [6.07, 6.45) is 0. The van der Waals surface area contributed by atoms with E-state index < -0.39 is 11.6 Å². The van der Waals surface area contributed by atoms with E-state index in [4.69, 9.17) is 27.8 Å². The van der Waals surface area contributed by atoms with Gasteiger partial charge in [-0.1, -0.05) is 22.9 Å². The molecule has 9 nitrogen and oxygen atoms in total. The van der Waals surface area contributed by atoms with Crippen LogP contribution in [0.2, 0.25) is 5.02 Å². The number of thiazole rings is 1. The molecule has 3 heterocycles. The highest BCUT2D eigenvalue weighted by Gasteiger charge is 2.31. The van der Waals surface area contributed by atoms with E-state index in [1.807, 2.05) is 0 Å². The number of fused-ring (bicyclic) bond motifs is 2. The van der Waals surface area contributed by atoms with Crippen LogP contribution in [0.3, 0.4) is 0 Å². The number of methoxy groups -OCH3 is 1. The second-order valence-electron chi connectivity index (χ2n) is 7.67. The number of nitrogens with one attached hydrogen (secondary N) is 1. The van der Waals surface area contributed by atoms with Gasteiger partial charge in [-0.2, -0.15) is 9.97 Å². The van der Waals surface area contributed by atoms with Crippen molar-refractivity contribution in [3.63, 3.8) is 0 Å². The molecule has 1 saturated heterocycles. The van der Waals surface area contributed by atoms with Crippen LogP contribution in [0.25, 0.3) is 32.2 Å². The summed E-state index contributed by atoms with van der Waals surface area (Å²) in [5.74, 6) is -1.10. The highest BCUT2D eigenvalue weighted by atomic mass is 35.5. The number of ether oxygens (including phenoxy) is 1. The maximum Gasteiger partial charge on any atom is 0.318 e. The van der Waals surface area contributed by atoms with Crippen molar-refractivity contribution in [3.8, 4) is 17.1 Å². The molecule has 4 aromatic rings. The molecule has 0 atom stereocenters. The van der Waals surface area contributed by atoms with E-state index in [2.05, 4.69) is 20.3 Å². The van der Waals surface area contributed by atoms with E-state index in [0.29, 0.717) is 24.3 Å². The van der Waals surface area contributed by atoms with Crippen molar-refractivity contribution in [1.82, 2.24) is 19.9 Å². The van der Waals surface area contributed by atoms with Gasteiger partial charge in [-0.15, -0.1) is 0 Å². The molecule has 1 aliphatic heterocycles. The van der Waals surface area contributed by atoms with Gasteiger partial charge in [0.25, 0.3) is 0 Å². The number of carbonyl (C=O) groups is 1. The molecule has 0 unspecified atom stereocenters. The molecule has 0 radical (unpaired) electrons. The smallest absolute Gasteiger partial charge is 0.318 e. The lowest BCUT2D eigenvalue weighted by Crippen LogP contribution is -2.58. The maximum absolute atomic E-state index is 15.9. The van der Waals surface area contributed by atoms with Crippen molar-refractivity contribution >= 4 is 60.9 Å². The average molecular weight is 506 g/mol. The van der Waals surface area contributed by atoms with Crippen LogP contribution in [0.4, 0.5) is 19.7 Å². The number of benzene rings is 2. The Hall–Kier alpha value is -3.35. The van der Waals surface area contributed by atoms with E-state index in [0.717, 1.165) is 11.3 Å². The van der Waals surface area contributed by atoms with Crippen molar-refractivity contribution in [2.75, 3.05) is 37.8 Å². The fraction of sp³-hybridized carbons (Fsp3) is 0.238. The minimum Gasteiger partial charge on any atom is -0.467 e. The monoisotopic (exact) mass is 505 g/mol. The van der Waals surface area contributed by atoms with Crippen molar-refractivity contribution in [2.45, 2.75) is 6.04 Å². The van der Waals surface area contributed by atoms with Gasteiger partial charge in [0, 0.05) is 29.6 Å². The van der Waals surface area contributed by atoms with Gasteiger partial charge in [0.2, 0.25) is 5.91 Å². The van der Waals surface area contributed by atoms with Crippen LogP contribution in [-0.4, -0.2) is 58.5 Å². The maximum atomic E-state index is 15.9. The molecule has 2 aromatic carbocycles. The minimum absolute atomic E-state index is 0.0135. The molecule has 176 valence electrons. The number of aromatic nitrogens is 3. The third-order valence-electron chi connectivity index (χ3n) is 5.58. The topological polar surface area (TPSA) is 132 Å². The second kappa shape index (κ2) is 8.46. The molecular formula is C21H18ClF2N7O2S. The van der Waals surface area contributed by atoms with Gasteiger partial charge in [0.15, 0.2) is 10.9 Å². The lowest BCUT2D eigenvalue weighted by Gasteiger charge is -2.39. The predicted octanol–water partition coefficient (Wildman–Crippen LogP) is 3.01. The number of anilines is 2. The average Bonchev–Trinajstić information content (AvgIpc) is 3.19. The molecule has 13 heteroatoms. The van der Waals surface area contributed by atoms with Crippen LogP contribution >= 0.6 is 22.9 Å². The van der Waals surface area contributed by atoms with Crippen molar-refractivity contribution in [1.29, 1.82) is 0 Å². The summed E-state index contributed by atoms with van der Waals surface area (Å²) in [4.78, 5) is 26.0. The normalized spacial score (nSPS) is 14.0. The Bertz CT molecular complexity index is 1460. The summed E-state index contributed by atoms with van der Waals surface area (Å²) in [6.45, 7) is 0.787. The van der Waals surface area contributed by atoms with Gasteiger partial charge in [0.1, 0.15) is 17.2 Å². The molecule has 34 heavy (non-hydrogen) atoms. The largest absolute Gasteiger partial charge is 0.467 e. The number of likely N-dealkylation sites (tertiary alicyclic amines) is 1. The van der Waals surface area contributed by atoms with Gasteiger partial charge >= 0.3 is 6.01 Å². The Balaban J connectivity index is 1.62. The number of hydrogen-bond donors (Lipinski definition) is 3. The first-order valence-electron chi connectivity index (χ1n) is 10.1. The number of nitrogen functional groups attached to an aromatic ring is 1. The number of nitrogens with zero attached hydrogens (tertiary/aromatic N) is 4. The summed E-state index contributed by atoms with van der Waals surface area (Å²) in [7, 11) is 1.37. The lowest BCUT2D eigenvalue weighted by molar-refractivity contribution is -0.133.